The Morgan fingerprint density at radius 2 is 1.23 bits per heavy atom. The predicted octanol–water partition coefficient (Wildman–Crippen LogP) is 4.75. The molecule has 0 bridgehead atoms. The molecule has 0 saturated heterocycles. The molecular formula is C10H24S2Sn. The molecule has 0 N–H and O–H groups in total. The Balaban J connectivity index is 3.42. The van der Waals surface area contributed by atoms with E-state index >= 15 is 0 Å². The number of hydrogen-bond acceptors (Lipinski definition) is 2. The molecule has 0 unspecified atom stereocenters. The molecule has 0 aromatic rings. The summed E-state index contributed by atoms with van der Waals surface area (Å²) in [6.07, 6.45) is 5.54. The zero-order valence-electron chi connectivity index (χ0n) is 9.56. The molecule has 80 valence electrons. The van der Waals surface area contributed by atoms with Gasteiger partial charge in [-0.3, -0.25) is 0 Å². The normalized spacial score (nSPS) is 12.0. The van der Waals surface area contributed by atoms with Crippen LogP contribution in [0.3, 0.4) is 0 Å². The van der Waals surface area contributed by atoms with Gasteiger partial charge < -0.3 is 0 Å². The van der Waals surface area contributed by atoms with Crippen molar-refractivity contribution < 1.29 is 0 Å². The molecule has 0 rings (SSSR count). The zero-order valence-corrected chi connectivity index (χ0v) is 14.0. The third kappa shape index (κ3) is 9.80. The Labute approximate surface area is 93.8 Å². The SMILES string of the molecule is CCCC[S][Sn]([CH3])([CH3])[S]CCCC. The topological polar surface area (TPSA) is 0 Å². The van der Waals surface area contributed by atoms with Gasteiger partial charge in [0.2, 0.25) is 0 Å². The van der Waals surface area contributed by atoms with E-state index in [-0.39, 0.29) is 0 Å². The van der Waals surface area contributed by atoms with Crippen molar-refractivity contribution in [2.75, 3.05) is 11.5 Å². The van der Waals surface area contributed by atoms with Gasteiger partial charge in [-0.2, -0.15) is 0 Å². The summed E-state index contributed by atoms with van der Waals surface area (Å²) in [5.74, 6) is 2.83. The van der Waals surface area contributed by atoms with E-state index in [4.69, 9.17) is 0 Å². The van der Waals surface area contributed by atoms with Crippen LogP contribution in [-0.4, -0.2) is 27.1 Å². The van der Waals surface area contributed by atoms with Gasteiger partial charge in [0, 0.05) is 0 Å². The van der Waals surface area contributed by atoms with Gasteiger partial charge in [0.15, 0.2) is 0 Å². The molecule has 0 amide bonds. The van der Waals surface area contributed by atoms with E-state index in [0.717, 1.165) is 0 Å². The van der Waals surface area contributed by atoms with E-state index in [1.807, 2.05) is 0 Å². The fraction of sp³-hybridized carbons (Fsp3) is 1.00. The van der Waals surface area contributed by atoms with E-state index < -0.39 is 15.6 Å². The van der Waals surface area contributed by atoms with Gasteiger partial charge in [0.25, 0.3) is 0 Å². The summed E-state index contributed by atoms with van der Waals surface area (Å²) < 4.78 is 0. The van der Waals surface area contributed by atoms with Crippen LogP contribution in [-0.2, 0) is 0 Å². The van der Waals surface area contributed by atoms with Gasteiger partial charge in [-0.25, -0.2) is 0 Å². The fourth-order valence-electron chi connectivity index (χ4n) is 0.966. The van der Waals surface area contributed by atoms with Crippen molar-refractivity contribution in [1.29, 1.82) is 0 Å². The molecular weight excluding hydrogens is 303 g/mol. The summed E-state index contributed by atoms with van der Waals surface area (Å²) in [5.41, 5.74) is 0. The number of rotatable bonds is 8. The third-order valence-electron chi connectivity index (χ3n) is 1.90. The first-order valence-corrected chi connectivity index (χ1v) is 20.1. The van der Waals surface area contributed by atoms with Crippen LogP contribution in [0.5, 0.6) is 0 Å². The quantitative estimate of drug-likeness (QED) is 0.466. The van der Waals surface area contributed by atoms with Crippen molar-refractivity contribution in [3.05, 3.63) is 0 Å². The maximum absolute atomic E-state index is 2.56. The standard InChI is InChI=1S/2C4H10S.2CH3.Sn/c2*1-2-3-4-5;;;/h2*5H,2-4H2,1H3;2*1H3;/q;;;;+2/p-2. The Morgan fingerprint density at radius 3 is 1.54 bits per heavy atom. The van der Waals surface area contributed by atoms with E-state index in [0.29, 0.717) is 0 Å². The molecule has 13 heavy (non-hydrogen) atoms. The van der Waals surface area contributed by atoms with Gasteiger partial charge >= 0.3 is 94.4 Å². The van der Waals surface area contributed by atoms with Crippen LogP contribution in [0.4, 0.5) is 0 Å². The van der Waals surface area contributed by atoms with Crippen molar-refractivity contribution in [1.82, 2.24) is 0 Å². The van der Waals surface area contributed by atoms with Gasteiger partial charge in [-0.15, -0.1) is 0 Å². The second kappa shape index (κ2) is 8.78. The van der Waals surface area contributed by atoms with Crippen molar-refractivity contribution in [3.63, 3.8) is 0 Å². The molecule has 0 aliphatic heterocycles. The van der Waals surface area contributed by atoms with Crippen LogP contribution in [0.15, 0.2) is 0 Å². The number of hydrogen-bond donors (Lipinski definition) is 0. The Hall–Kier alpha value is 1.50. The summed E-state index contributed by atoms with van der Waals surface area (Å²) in [6.45, 7) is 4.57. The van der Waals surface area contributed by atoms with Crippen LogP contribution < -0.4 is 0 Å². The van der Waals surface area contributed by atoms with Crippen LogP contribution in [0.1, 0.15) is 39.5 Å². The monoisotopic (exact) mass is 328 g/mol. The summed E-state index contributed by atoms with van der Waals surface area (Å²) in [7, 11) is 4.65. The molecule has 0 spiro atoms. The molecule has 0 aromatic heterocycles. The molecule has 0 atom stereocenters. The van der Waals surface area contributed by atoms with Crippen molar-refractivity contribution in [3.8, 4) is 0 Å². The second-order valence-corrected chi connectivity index (χ2v) is 33.6. The Kier molecular flexibility index (Phi) is 9.79. The average Bonchev–Trinajstić information content (AvgIpc) is 2.05. The molecule has 0 saturated carbocycles. The first-order chi connectivity index (χ1) is 6.12. The van der Waals surface area contributed by atoms with Gasteiger partial charge in [-0.1, -0.05) is 0 Å². The van der Waals surface area contributed by atoms with Gasteiger partial charge in [0.1, 0.15) is 0 Å². The summed E-state index contributed by atoms with van der Waals surface area (Å²) >= 11 is -1.65. The first kappa shape index (κ1) is 14.5. The molecule has 0 radical (unpaired) electrons. The van der Waals surface area contributed by atoms with Crippen LogP contribution >= 0.6 is 17.9 Å². The van der Waals surface area contributed by atoms with E-state index in [1.165, 1.54) is 37.2 Å². The predicted molar refractivity (Wildman–Crippen MR) is 72.2 cm³/mol. The van der Waals surface area contributed by atoms with Crippen LogP contribution in [0.25, 0.3) is 0 Å². The first-order valence-electron chi connectivity index (χ1n) is 5.40. The van der Waals surface area contributed by atoms with E-state index in [1.54, 1.807) is 0 Å². The molecule has 0 aliphatic rings. The fourth-order valence-corrected chi connectivity index (χ4v) is 19.5. The van der Waals surface area contributed by atoms with E-state index in [2.05, 4.69) is 41.6 Å². The minimum atomic E-state index is -1.65. The van der Waals surface area contributed by atoms with Crippen LogP contribution in [0.2, 0.25) is 9.88 Å². The zero-order chi connectivity index (χ0) is 10.2. The summed E-state index contributed by atoms with van der Waals surface area (Å²) in [6, 6.07) is 0. The maximum atomic E-state index is 2.56. The molecule has 0 heterocycles. The number of unbranched alkanes of at least 4 members (excludes halogenated alkanes) is 2. The Bertz CT molecular complexity index is 103. The van der Waals surface area contributed by atoms with Crippen molar-refractivity contribution in [2.24, 2.45) is 0 Å². The molecule has 0 aliphatic carbocycles. The molecule has 0 aromatic carbocycles. The Morgan fingerprint density at radius 1 is 0.846 bits per heavy atom. The van der Waals surface area contributed by atoms with Crippen molar-refractivity contribution >= 4 is 33.5 Å². The van der Waals surface area contributed by atoms with Crippen LogP contribution in [0, 0.1) is 0 Å². The minimum absolute atomic E-state index is 1.36. The van der Waals surface area contributed by atoms with Crippen molar-refractivity contribution in [2.45, 2.75) is 49.4 Å². The third-order valence-corrected chi connectivity index (χ3v) is 24.4. The average molecular weight is 327 g/mol. The molecule has 0 nitrogen and oxygen atoms in total. The summed E-state index contributed by atoms with van der Waals surface area (Å²) in [4.78, 5) is 5.13. The molecule has 0 fully saturated rings. The van der Waals surface area contributed by atoms with E-state index in [9.17, 15) is 0 Å². The summed E-state index contributed by atoms with van der Waals surface area (Å²) in [5, 5.41) is 0. The molecule has 3 heteroatoms. The van der Waals surface area contributed by atoms with Gasteiger partial charge in [0.05, 0.1) is 0 Å². The second-order valence-electron chi connectivity index (χ2n) is 3.80. The van der Waals surface area contributed by atoms with Gasteiger partial charge in [-0.05, 0) is 0 Å².